The number of allylic oxidation sites excluding steroid dienone is 6. The van der Waals surface area contributed by atoms with Crippen LogP contribution in [0.1, 0.15) is 30.9 Å². The lowest BCUT2D eigenvalue weighted by Gasteiger charge is -2.15. The molecule has 0 saturated heterocycles. The average Bonchev–Trinajstić information content (AvgIpc) is 2.96. The van der Waals surface area contributed by atoms with Gasteiger partial charge in [-0.3, -0.25) is 0 Å². The van der Waals surface area contributed by atoms with Gasteiger partial charge in [0.2, 0.25) is 0 Å². The fourth-order valence-electron chi connectivity index (χ4n) is 2.92. The molecule has 0 bridgehead atoms. The van der Waals surface area contributed by atoms with Crippen LogP contribution < -0.4 is 0 Å². The molecule has 3 rings (SSSR count). The van der Waals surface area contributed by atoms with E-state index in [4.69, 9.17) is 0 Å². The lowest BCUT2D eigenvalue weighted by molar-refractivity contribution is 0.729. The molecule has 0 heteroatoms. The lowest BCUT2D eigenvalue weighted by Crippen LogP contribution is -1.99. The molecule has 0 aliphatic heterocycles. The van der Waals surface area contributed by atoms with Gasteiger partial charge in [0.15, 0.2) is 0 Å². The monoisotopic (exact) mass is 222 g/mol. The van der Waals surface area contributed by atoms with Gasteiger partial charge < -0.3 is 0 Å². The summed E-state index contributed by atoms with van der Waals surface area (Å²) in [4.78, 5) is 0. The van der Waals surface area contributed by atoms with E-state index >= 15 is 0 Å². The van der Waals surface area contributed by atoms with E-state index in [2.05, 4.69) is 55.5 Å². The zero-order chi connectivity index (χ0) is 11.7. The largest absolute Gasteiger partial charge is 0.0805 e. The molecule has 0 unspecified atom stereocenters. The Labute approximate surface area is 103 Å². The molecule has 0 N–H and O–H groups in total. The molecule has 0 aromatic heterocycles. The van der Waals surface area contributed by atoms with Crippen molar-refractivity contribution in [3.8, 4) is 0 Å². The summed E-state index contributed by atoms with van der Waals surface area (Å²) in [5, 5.41) is 0. The minimum atomic E-state index is 0.643. The molecule has 0 spiro atoms. The Hall–Kier alpha value is -1.56. The molecule has 2 aliphatic rings. The Bertz CT molecular complexity index is 515. The van der Waals surface area contributed by atoms with E-state index in [1.807, 2.05) is 0 Å². The zero-order valence-corrected chi connectivity index (χ0v) is 10.3. The first-order valence-electron chi connectivity index (χ1n) is 6.47. The van der Waals surface area contributed by atoms with Crippen LogP contribution in [-0.4, -0.2) is 0 Å². The molecular weight excluding hydrogens is 204 g/mol. The first-order valence-corrected chi connectivity index (χ1v) is 6.47. The summed E-state index contributed by atoms with van der Waals surface area (Å²) in [5.74, 6) is 0.643. The van der Waals surface area contributed by atoms with Crippen LogP contribution in [0.25, 0.3) is 5.57 Å². The number of hydrogen-bond donors (Lipinski definition) is 0. The van der Waals surface area contributed by atoms with E-state index in [1.165, 1.54) is 17.5 Å². The average molecular weight is 222 g/mol. The van der Waals surface area contributed by atoms with Crippen molar-refractivity contribution < 1.29 is 0 Å². The molecule has 0 heterocycles. The van der Waals surface area contributed by atoms with Crippen molar-refractivity contribution in [3.05, 3.63) is 65.3 Å². The van der Waals surface area contributed by atoms with Crippen molar-refractivity contribution >= 4 is 5.57 Å². The third-order valence-electron chi connectivity index (χ3n) is 3.82. The fourth-order valence-corrected chi connectivity index (χ4v) is 2.92. The standard InChI is InChI=1S/C17H18/c1-13(12-14-6-2-3-7-14)16-11-10-15-8-4-5-9-17(15)16/h2-6,8-9,11,13H,7,10,12H2,1H3/t13-/m1/s1. The molecule has 0 saturated carbocycles. The molecule has 1 aromatic rings. The van der Waals surface area contributed by atoms with Crippen molar-refractivity contribution in [1.29, 1.82) is 0 Å². The summed E-state index contributed by atoms with van der Waals surface area (Å²) in [6.45, 7) is 2.35. The highest BCUT2D eigenvalue weighted by molar-refractivity contribution is 5.74. The highest BCUT2D eigenvalue weighted by Crippen LogP contribution is 2.36. The second-order valence-corrected chi connectivity index (χ2v) is 5.08. The van der Waals surface area contributed by atoms with E-state index in [9.17, 15) is 0 Å². The Balaban J connectivity index is 1.77. The van der Waals surface area contributed by atoms with Crippen LogP contribution in [0.3, 0.4) is 0 Å². The molecule has 17 heavy (non-hydrogen) atoms. The Morgan fingerprint density at radius 3 is 2.88 bits per heavy atom. The minimum absolute atomic E-state index is 0.643. The molecule has 2 aliphatic carbocycles. The summed E-state index contributed by atoms with van der Waals surface area (Å²) in [6, 6.07) is 8.82. The Morgan fingerprint density at radius 1 is 1.18 bits per heavy atom. The number of hydrogen-bond acceptors (Lipinski definition) is 0. The molecule has 0 amide bonds. The van der Waals surface area contributed by atoms with Gasteiger partial charge in [0.05, 0.1) is 0 Å². The first kappa shape index (κ1) is 10.6. The van der Waals surface area contributed by atoms with Crippen molar-refractivity contribution in [2.75, 3.05) is 0 Å². The normalized spacial score (nSPS) is 18.9. The maximum Gasteiger partial charge on any atom is -0.00853 e. The van der Waals surface area contributed by atoms with Gasteiger partial charge in [0, 0.05) is 0 Å². The van der Waals surface area contributed by atoms with Gasteiger partial charge in [0.1, 0.15) is 0 Å². The van der Waals surface area contributed by atoms with Gasteiger partial charge in [-0.05, 0) is 41.9 Å². The highest BCUT2D eigenvalue weighted by Gasteiger charge is 2.19. The molecule has 1 atom stereocenters. The van der Waals surface area contributed by atoms with E-state index in [0.29, 0.717) is 5.92 Å². The predicted octanol–water partition coefficient (Wildman–Crippen LogP) is 4.54. The SMILES string of the molecule is C[C@H](CC1=CC=CC1)C1=CCc2ccccc21. The quantitative estimate of drug-likeness (QED) is 0.704. The van der Waals surface area contributed by atoms with Gasteiger partial charge in [0.25, 0.3) is 0 Å². The minimum Gasteiger partial charge on any atom is -0.0805 e. The number of fused-ring (bicyclic) bond motifs is 1. The summed E-state index contributed by atoms with van der Waals surface area (Å²) in [6.07, 6.45) is 12.6. The van der Waals surface area contributed by atoms with Crippen LogP contribution in [0, 0.1) is 5.92 Å². The van der Waals surface area contributed by atoms with Crippen LogP contribution in [-0.2, 0) is 6.42 Å². The summed E-state index contributed by atoms with van der Waals surface area (Å²) >= 11 is 0. The Morgan fingerprint density at radius 2 is 2.06 bits per heavy atom. The highest BCUT2D eigenvalue weighted by atomic mass is 14.2. The topological polar surface area (TPSA) is 0 Å². The molecule has 0 radical (unpaired) electrons. The van der Waals surface area contributed by atoms with Crippen LogP contribution in [0.2, 0.25) is 0 Å². The van der Waals surface area contributed by atoms with E-state index in [0.717, 1.165) is 12.8 Å². The van der Waals surface area contributed by atoms with Crippen LogP contribution in [0.15, 0.2) is 54.1 Å². The Kier molecular flexibility index (Phi) is 2.72. The summed E-state index contributed by atoms with van der Waals surface area (Å²) < 4.78 is 0. The van der Waals surface area contributed by atoms with Gasteiger partial charge >= 0.3 is 0 Å². The third-order valence-corrected chi connectivity index (χ3v) is 3.82. The lowest BCUT2D eigenvalue weighted by atomic mass is 9.89. The van der Waals surface area contributed by atoms with Crippen molar-refractivity contribution in [2.45, 2.75) is 26.2 Å². The summed E-state index contributed by atoms with van der Waals surface area (Å²) in [5.41, 5.74) is 6.09. The molecule has 86 valence electrons. The van der Waals surface area contributed by atoms with Crippen LogP contribution in [0.4, 0.5) is 0 Å². The molecular formula is C17H18. The van der Waals surface area contributed by atoms with E-state index < -0.39 is 0 Å². The van der Waals surface area contributed by atoms with Gasteiger partial charge in [-0.1, -0.05) is 61.1 Å². The fraction of sp³-hybridized carbons (Fsp3) is 0.294. The molecule has 1 aromatic carbocycles. The maximum absolute atomic E-state index is 2.41. The van der Waals surface area contributed by atoms with Crippen molar-refractivity contribution in [2.24, 2.45) is 5.92 Å². The van der Waals surface area contributed by atoms with Crippen molar-refractivity contribution in [3.63, 3.8) is 0 Å². The number of benzene rings is 1. The maximum atomic E-state index is 2.41. The van der Waals surface area contributed by atoms with Crippen LogP contribution >= 0.6 is 0 Å². The molecule has 0 fully saturated rings. The van der Waals surface area contributed by atoms with Gasteiger partial charge in [-0.15, -0.1) is 0 Å². The van der Waals surface area contributed by atoms with Crippen molar-refractivity contribution in [1.82, 2.24) is 0 Å². The van der Waals surface area contributed by atoms with E-state index in [-0.39, 0.29) is 0 Å². The summed E-state index contributed by atoms with van der Waals surface area (Å²) in [7, 11) is 0. The third kappa shape index (κ3) is 2.00. The van der Waals surface area contributed by atoms with E-state index in [1.54, 1.807) is 11.1 Å². The molecule has 0 nitrogen and oxygen atoms in total. The van der Waals surface area contributed by atoms with Gasteiger partial charge in [-0.25, -0.2) is 0 Å². The van der Waals surface area contributed by atoms with Crippen LogP contribution in [0.5, 0.6) is 0 Å². The number of rotatable bonds is 3. The first-order chi connectivity index (χ1) is 8.34. The second kappa shape index (κ2) is 4.37. The predicted molar refractivity (Wildman–Crippen MR) is 73.7 cm³/mol. The second-order valence-electron chi connectivity index (χ2n) is 5.08. The smallest absolute Gasteiger partial charge is 0.00853 e. The van der Waals surface area contributed by atoms with Gasteiger partial charge in [-0.2, -0.15) is 0 Å². The zero-order valence-electron chi connectivity index (χ0n) is 10.3.